The van der Waals surface area contributed by atoms with Crippen LogP contribution >= 0.6 is 0 Å². The fourth-order valence-electron chi connectivity index (χ4n) is 9.61. The summed E-state index contributed by atoms with van der Waals surface area (Å²) in [5, 5.41) is 12.6. The summed E-state index contributed by atoms with van der Waals surface area (Å²) in [5.41, 5.74) is 2.96. The Morgan fingerprint density at radius 1 is 0.567 bits per heavy atom. The summed E-state index contributed by atoms with van der Waals surface area (Å²) < 4.78 is 33.4. The van der Waals surface area contributed by atoms with Gasteiger partial charge in [-0.1, -0.05) is 18.7 Å². The van der Waals surface area contributed by atoms with Gasteiger partial charge < -0.3 is 54.2 Å². The average Bonchev–Trinajstić information content (AvgIpc) is 3.38. The quantitative estimate of drug-likeness (QED) is 0.0817. The van der Waals surface area contributed by atoms with Gasteiger partial charge in [0, 0.05) is 80.8 Å². The number of hydrogen-bond acceptors (Lipinski definition) is 16. The second-order valence-corrected chi connectivity index (χ2v) is 17.7. The number of nitrogens with zero attached hydrogens (tertiary/aromatic N) is 7. The van der Waals surface area contributed by atoms with Crippen molar-refractivity contribution in [3.8, 4) is 34.5 Å². The normalized spacial score (nSPS) is 17.3. The molecule has 4 fully saturated rings. The Balaban J connectivity index is 0.000000196. The van der Waals surface area contributed by atoms with Crippen LogP contribution in [0.4, 0.5) is 23.5 Å². The number of benzene rings is 3. The smallest absolute Gasteiger partial charge is 0.225 e. The molecule has 2 aromatic heterocycles. The van der Waals surface area contributed by atoms with Gasteiger partial charge in [-0.15, -0.1) is 0 Å². The van der Waals surface area contributed by atoms with Gasteiger partial charge in [0.25, 0.3) is 0 Å². The summed E-state index contributed by atoms with van der Waals surface area (Å²) in [6.07, 6.45) is 13.3. The first-order valence-corrected chi connectivity index (χ1v) is 24.1. The van der Waals surface area contributed by atoms with Crippen LogP contribution in [0.5, 0.6) is 34.5 Å². The van der Waals surface area contributed by atoms with Crippen LogP contribution in [-0.4, -0.2) is 131 Å². The number of likely N-dealkylation sites (tertiary alicyclic amines) is 1. The molecule has 0 amide bonds. The highest BCUT2D eigenvalue weighted by atomic mass is 16.5. The van der Waals surface area contributed by atoms with E-state index < -0.39 is 0 Å². The molecule has 360 valence electrons. The van der Waals surface area contributed by atoms with Crippen LogP contribution in [0, 0.1) is 0 Å². The Labute approximate surface area is 395 Å². The second-order valence-electron chi connectivity index (χ2n) is 17.7. The van der Waals surface area contributed by atoms with Gasteiger partial charge in [-0.25, -0.2) is 9.97 Å². The highest BCUT2D eigenvalue weighted by Gasteiger charge is 2.25. The van der Waals surface area contributed by atoms with E-state index in [0.717, 1.165) is 130 Å². The van der Waals surface area contributed by atoms with Crippen molar-refractivity contribution in [1.29, 1.82) is 0 Å². The van der Waals surface area contributed by atoms with E-state index in [1.807, 2.05) is 30.3 Å². The number of piperidine rings is 4. The summed E-state index contributed by atoms with van der Waals surface area (Å²) in [5.74, 6) is 7.63. The van der Waals surface area contributed by atoms with Crippen LogP contribution in [-0.2, 0) is 6.54 Å². The number of fused-ring (bicyclic) bond motifs is 2. The number of hydrogen-bond donors (Lipinski definition) is 3. The molecule has 67 heavy (non-hydrogen) atoms. The van der Waals surface area contributed by atoms with E-state index in [4.69, 9.17) is 48.4 Å². The Morgan fingerprint density at radius 2 is 1.04 bits per heavy atom. The Kier molecular flexibility index (Phi) is 16.4. The van der Waals surface area contributed by atoms with E-state index in [1.54, 1.807) is 41.6 Å². The highest BCUT2D eigenvalue weighted by Crippen LogP contribution is 2.39. The number of aromatic nitrogens is 4. The zero-order chi connectivity index (χ0) is 46.5. The lowest BCUT2D eigenvalue weighted by Crippen LogP contribution is -2.39. The number of anilines is 4. The molecular weight excluding hydrogens is 849 g/mol. The molecule has 6 heterocycles. The standard InChI is InChI=1S/C31H41N5O4.C20H29N5O2/c1-5-17-40-29-18-22(9-10-26(29)37-2)21-35-15-11-23(12-16-35)32-31-33-25-20-28(39-4)27(38-3)19-24(25)30(34-31)36-13-7-6-8-14-36;1-26-17-12-15-16(13-18(17)27-2)23-20(22-14-6-8-21-9-7-14)24-19(15)25-10-4-3-5-11-25/h5,9-10,18-20,23H,1,6-8,11-17,21H2,2-4H3,(H,32,33,34);12-14,21H,3-11H2,1-2H3,(H,22,23,24). The zero-order valence-electron chi connectivity index (χ0n) is 40.2. The SMILES string of the molecule is C=CCOc1cc(CN2CCC(Nc3nc(N4CCCCC4)c4cc(OC)c(OC)cc4n3)CC2)ccc1OC.COc1cc2nc(NC3CCNCC3)nc(N3CCCCC3)c2cc1OC. The van der Waals surface area contributed by atoms with E-state index in [0.29, 0.717) is 53.6 Å². The molecule has 5 aromatic rings. The minimum atomic E-state index is 0.311. The van der Waals surface area contributed by atoms with Crippen molar-refractivity contribution in [2.75, 3.05) is 115 Å². The lowest BCUT2D eigenvalue weighted by molar-refractivity contribution is 0.210. The van der Waals surface area contributed by atoms with Gasteiger partial charge in [0.15, 0.2) is 34.5 Å². The maximum Gasteiger partial charge on any atom is 0.225 e. The lowest BCUT2D eigenvalue weighted by Gasteiger charge is -2.33. The summed E-state index contributed by atoms with van der Waals surface area (Å²) in [4.78, 5) is 27.0. The first-order valence-electron chi connectivity index (χ1n) is 24.1. The van der Waals surface area contributed by atoms with Crippen LogP contribution < -0.4 is 54.2 Å². The monoisotopic (exact) mass is 919 g/mol. The molecule has 3 N–H and O–H groups in total. The minimum absolute atomic E-state index is 0.311. The summed E-state index contributed by atoms with van der Waals surface area (Å²) in [6, 6.07) is 14.8. The Bertz CT molecular complexity index is 2410. The molecule has 4 aliphatic heterocycles. The molecule has 0 unspecified atom stereocenters. The van der Waals surface area contributed by atoms with Gasteiger partial charge in [0.1, 0.15) is 18.2 Å². The third-order valence-corrected chi connectivity index (χ3v) is 13.3. The molecule has 4 aliphatic rings. The van der Waals surface area contributed by atoms with Crippen molar-refractivity contribution < 1.29 is 28.4 Å². The molecule has 0 aliphatic carbocycles. The van der Waals surface area contributed by atoms with Crippen molar-refractivity contribution in [3.63, 3.8) is 0 Å². The number of ether oxygens (including phenoxy) is 6. The molecule has 0 bridgehead atoms. The molecule has 0 spiro atoms. The number of nitrogens with one attached hydrogen (secondary N) is 3. The summed E-state index contributed by atoms with van der Waals surface area (Å²) in [7, 11) is 8.31. The fraction of sp³-hybridized carbons (Fsp3) is 0.529. The molecule has 16 nitrogen and oxygen atoms in total. The second kappa shape index (κ2) is 23.1. The zero-order valence-corrected chi connectivity index (χ0v) is 40.2. The number of rotatable bonds is 16. The highest BCUT2D eigenvalue weighted by molar-refractivity contribution is 5.94. The maximum atomic E-state index is 5.80. The number of methoxy groups -OCH3 is 5. The van der Waals surface area contributed by atoms with Crippen molar-refractivity contribution in [2.24, 2.45) is 0 Å². The van der Waals surface area contributed by atoms with Crippen molar-refractivity contribution in [2.45, 2.75) is 82.8 Å². The van der Waals surface area contributed by atoms with Gasteiger partial charge in [-0.2, -0.15) is 9.97 Å². The summed E-state index contributed by atoms with van der Waals surface area (Å²) in [6.45, 7) is 13.2. The van der Waals surface area contributed by atoms with Gasteiger partial charge in [-0.05, 0) is 107 Å². The fourth-order valence-corrected chi connectivity index (χ4v) is 9.61. The molecule has 0 radical (unpaired) electrons. The van der Waals surface area contributed by atoms with Crippen LogP contribution in [0.2, 0.25) is 0 Å². The van der Waals surface area contributed by atoms with Gasteiger partial charge in [0.05, 0.1) is 46.6 Å². The Morgan fingerprint density at radius 3 is 1.52 bits per heavy atom. The van der Waals surface area contributed by atoms with E-state index in [1.165, 1.54) is 44.1 Å². The van der Waals surface area contributed by atoms with Crippen molar-refractivity contribution in [3.05, 3.63) is 60.7 Å². The lowest BCUT2D eigenvalue weighted by atomic mass is 10.0. The largest absolute Gasteiger partial charge is 0.493 e. The van der Waals surface area contributed by atoms with Gasteiger partial charge >= 0.3 is 0 Å². The van der Waals surface area contributed by atoms with Crippen molar-refractivity contribution in [1.82, 2.24) is 30.2 Å². The van der Waals surface area contributed by atoms with Crippen LogP contribution in [0.25, 0.3) is 21.8 Å². The predicted octanol–water partition coefficient (Wildman–Crippen LogP) is 8.09. The Hall–Kier alpha value is -6.00. The molecule has 16 heteroatoms. The molecule has 3 aromatic carbocycles. The maximum absolute atomic E-state index is 5.80. The molecular formula is C51H70N10O6. The van der Waals surface area contributed by atoms with Crippen molar-refractivity contribution >= 4 is 45.3 Å². The van der Waals surface area contributed by atoms with E-state index in [2.05, 4.69) is 49.4 Å². The van der Waals surface area contributed by atoms with Crippen LogP contribution in [0.3, 0.4) is 0 Å². The van der Waals surface area contributed by atoms with Crippen LogP contribution in [0.1, 0.15) is 69.8 Å². The van der Waals surface area contributed by atoms with E-state index >= 15 is 0 Å². The predicted molar refractivity (Wildman–Crippen MR) is 268 cm³/mol. The first kappa shape index (κ1) is 47.5. The average molecular weight is 919 g/mol. The minimum Gasteiger partial charge on any atom is -0.493 e. The van der Waals surface area contributed by atoms with E-state index in [-0.39, 0.29) is 0 Å². The third-order valence-electron chi connectivity index (χ3n) is 13.3. The van der Waals surface area contributed by atoms with Crippen LogP contribution in [0.15, 0.2) is 55.1 Å². The third kappa shape index (κ3) is 11.8. The van der Waals surface area contributed by atoms with E-state index in [9.17, 15) is 0 Å². The molecule has 0 saturated carbocycles. The first-order chi connectivity index (χ1) is 32.9. The molecule has 9 rings (SSSR count). The molecule has 4 saturated heterocycles. The molecule has 0 atom stereocenters. The van der Waals surface area contributed by atoms with Gasteiger partial charge in [-0.3, -0.25) is 4.90 Å². The summed E-state index contributed by atoms with van der Waals surface area (Å²) >= 11 is 0. The van der Waals surface area contributed by atoms with Gasteiger partial charge in [0.2, 0.25) is 11.9 Å². The topological polar surface area (TPSA) is 153 Å².